The molecule has 0 aliphatic carbocycles. The molecule has 2 heterocycles. The minimum absolute atomic E-state index is 0.0624. The van der Waals surface area contributed by atoms with E-state index in [0.717, 1.165) is 12.0 Å². The summed E-state index contributed by atoms with van der Waals surface area (Å²) in [7, 11) is 0. The summed E-state index contributed by atoms with van der Waals surface area (Å²) in [6, 6.07) is 8.56. The molecule has 6 nitrogen and oxygen atoms in total. The molecule has 1 atom stereocenters. The maximum Gasteiger partial charge on any atom is 0.270 e. The van der Waals surface area contributed by atoms with Crippen LogP contribution in [0.3, 0.4) is 0 Å². The third-order valence-electron chi connectivity index (χ3n) is 3.38. The lowest BCUT2D eigenvalue weighted by atomic mass is 10.2. The molecule has 0 aromatic carbocycles. The molecule has 0 spiro atoms. The summed E-state index contributed by atoms with van der Waals surface area (Å²) in [5, 5.41) is 5.59. The fraction of sp³-hybridized carbons (Fsp3) is 0.294. The Hall–Kier alpha value is -2.76. The Bertz CT molecular complexity index is 673. The van der Waals surface area contributed by atoms with E-state index in [0.29, 0.717) is 6.54 Å². The number of carbonyl (C=O) groups excluding carboxylic acids is 2. The van der Waals surface area contributed by atoms with Gasteiger partial charge in [0.2, 0.25) is 0 Å². The zero-order valence-electron chi connectivity index (χ0n) is 13.2. The van der Waals surface area contributed by atoms with Gasteiger partial charge in [-0.25, -0.2) is 4.98 Å². The van der Waals surface area contributed by atoms with Gasteiger partial charge in [0, 0.05) is 25.0 Å². The van der Waals surface area contributed by atoms with Crippen molar-refractivity contribution in [2.75, 3.05) is 0 Å². The van der Waals surface area contributed by atoms with E-state index < -0.39 is 0 Å². The number of nitrogens with one attached hydrogen (secondary N) is 2. The number of pyridine rings is 2. The van der Waals surface area contributed by atoms with E-state index in [1.54, 1.807) is 36.7 Å². The molecule has 0 aliphatic rings. The second-order valence-corrected chi connectivity index (χ2v) is 5.23. The molecule has 0 radical (unpaired) electrons. The van der Waals surface area contributed by atoms with E-state index >= 15 is 0 Å². The largest absolute Gasteiger partial charge is 0.348 e. The molecule has 0 aliphatic heterocycles. The van der Waals surface area contributed by atoms with E-state index in [4.69, 9.17) is 0 Å². The van der Waals surface area contributed by atoms with Crippen molar-refractivity contribution in [1.29, 1.82) is 0 Å². The first-order valence-corrected chi connectivity index (χ1v) is 7.55. The van der Waals surface area contributed by atoms with Crippen LogP contribution in [0.15, 0.2) is 42.7 Å². The fourth-order valence-electron chi connectivity index (χ4n) is 1.86. The van der Waals surface area contributed by atoms with Gasteiger partial charge in [0.05, 0.1) is 0 Å². The van der Waals surface area contributed by atoms with Crippen LogP contribution >= 0.6 is 0 Å². The number of carbonyl (C=O) groups is 2. The Kier molecular flexibility index (Phi) is 5.80. The predicted octanol–water partition coefficient (Wildman–Crippen LogP) is 1.93. The van der Waals surface area contributed by atoms with Crippen LogP contribution in [0.5, 0.6) is 0 Å². The van der Waals surface area contributed by atoms with Crippen LogP contribution in [0.4, 0.5) is 0 Å². The molecule has 0 bridgehead atoms. The van der Waals surface area contributed by atoms with Crippen LogP contribution < -0.4 is 10.6 Å². The quantitative estimate of drug-likeness (QED) is 0.853. The maximum atomic E-state index is 12.1. The van der Waals surface area contributed by atoms with Crippen molar-refractivity contribution in [3.8, 4) is 0 Å². The Morgan fingerprint density at radius 2 is 1.87 bits per heavy atom. The molecule has 6 heteroatoms. The summed E-state index contributed by atoms with van der Waals surface area (Å²) in [6.45, 7) is 4.26. The minimum Gasteiger partial charge on any atom is -0.348 e. The third-order valence-corrected chi connectivity index (χ3v) is 3.38. The number of aromatic nitrogens is 2. The Morgan fingerprint density at radius 3 is 2.52 bits per heavy atom. The van der Waals surface area contributed by atoms with Gasteiger partial charge in [0.15, 0.2) is 0 Å². The number of hydrogen-bond acceptors (Lipinski definition) is 4. The molecule has 0 fully saturated rings. The molecule has 2 amide bonds. The van der Waals surface area contributed by atoms with Crippen molar-refractivity contribution in [3.63, 3.8) is 0 Å². The summed E-state index contributed by atoms with van der Waals surface area (Å²) < 4.78 is 0. The molecular weight excluding hydrogens is 292 g/mol. The highest BCUT2D eigenvalue weighted by Gasteiger charge is 2.13. The van der Waals surface area contributed by atoms with Crippen LogP contribution in [0.25, 0.3) is 0 Å². The number of hydrogen-bond donors (Lipinski definition) is 2. The minimum atomic E-state index is -0.327. The first-order valence-electron chi connectivity index (χ1n) is 7.55. The lowest BCUT2D eigenvalue weighted by molar-refractivity contribution is 0.0933. The van der Waals surface area contributed by atoms with Crippen LogP contribution in [0, 0.1) is 0 Å². The van der Waals surface area contributed by atoms with E-state index in [1.807, 2.05) is 19.9 Å². The molecule has 2 aromatic heterocycles. The average molecular weight is 312 g/mol. The summed E-state index contributed by atoms with van der Waals surface area (Å²) in [6.07, 6.45) is 4.19. The van der Waals surface area contributed by atoms with E-state index in [9.17, 15) is 9.59 Å². The smallest absolute Gasteiger partial charge is 0.270 e. The standard InChI is InChI=1S/C17H20N4O2/c1-3-12(2)20-17(23)15-8-4-7-14(21-15)16(22)19-11-13-6-5-9-18-10-13/h4-10,12H,3,11H2,1-2H3,(H,19,22)(H,20,23). The summed E-state index contributed by atoms with van der Waals surface area (Å²) in [5.74, 6) is -0.603. The lowest BCUT2D eigenvalue weighted by Crippen LogP contribution is -2.33. The normalized spacial score (nSPS) is 11.6. The van der Waals surface area contributed by atoms with Crippen molar-refractivity contribution in [2.24, 2.45) is 0 Å². The molecule has 120 valence electrons. The highest BCUT2D eigenvalue weighted by molar-refractivity contribution is 5.96. The van der Waals surface area contributed by atoms with E-state index in [2.05, 4.69) is 20.6 Å². The Labute approximate surface area is 135 Å². The summed E-state index contributed by atoms with van der Waals surface area (Å²) in [4.78, 5) is 32.3. The fourth-order valence-corrected chi connectivity index (χ4v) is 1.86. The topological polar surface area (TPSA) is 84.0 Å². The molecule has 0 saturated carbocycles. The molecule has 2 rings (SSSR count). The van der Waals surface area contributed by atoms with Crippen LogP contribution in [-0.2, 0) is 6.54 Å². The van der Waals surface area contributed by atoms with Gasteiger partial charge in [0.25, 0.3) is 11.8 Å². The highest BCUT2D eigenvalue weighted by Crippen LogP contribution is 2.02. The van der Waals surface area contributed by atoms with Crippen molar-refractivity contribution >= 4 is 11.8 Å². The second-order valence-electron chi connectivity index (χ2n) is 5.23. The Morgan fingerprint density at radius 1 is 1.13 bits per heavy atom. The van der Waals surface area contributed by atoms with Gasteiger partial charge in [-0.1, -0.05) is 19.1 Å². The summed E-state index contributed by atoms with van der Waals surface area (Å²) in [5.41, 5.74) is 1.34. The SMILES string of the molecule is CCC(C)NC(=O)c1cccc(C(=O)NCc2cccnc2)n1. The number of amides is 2. The monoisotopic (exact) mass is 312 g/mol. The first kappa shape index (κ1) is 16.6. The summed E-state index contributed by atoms with van der Waals surface area (Å²) >= 11 is 0. The molecule has 2 aromatic rings. The number of nitrogens with zero attached hydrogens (tertiary/aromatic N) is 2. The third kappa shape index (κ3) is 4.88. The number of rotatable bonds is 6. The van der Waals surface area contributed by atoms with E-state index in [1.165, 1.54) is 0 Å². The van der Waals surface area contributed by atoms with Crippen LogP contribution in [-0.4, -0.2) is 27.8 Å². The van der Waals surface area contributed by atoms with Gasteiger partial charge in [-0.3, -0.25) is 14.6 Å². The Balaban J connectivity index is 2.01. The van der Waals surface area contributed by atoms with Gasteiger partial charge >= 0.3 is 0 Å². The zero-order chi connectivity index (χ0) is 16.7. The lowest BCUT2D eigenvalue weighted by Gasteiger charge is -2.11. The predicted molar refractivity (Wildman–Crippen MR) is 86.9 cm³/mol. The second kappa shape index (κ2) is 8.03. The maximum absolute atomic E-state index is 12.1. The van der Waals surface area contributed by atoms with Gasteiger partial charge < -0.3 is 10.6 Å². The first-order chi connectivity index (χ1) is 11.1. The zero-order valence-corrected chi connectivity index (χ0v) is 13.2. The van der Waals surface area contributed by atoms with Gasteiger partial charge in [0.1, 0.15) is 11.4 Å². The van der Waals surface area contributed by atoms with Crippen LogP contribution in [0.2, 0.25) is 0 Å². The molecule has 0 saturated heterocycles. The molecule has 23 heavy (non-hydrogen) atoms. The highest BCUT2D eigenvalue weighted by atomic mass is 16.2. The van der Waals surface area contributed by atoms with E-state index in [-0.39, 0.29) is 29.2 Å². The van der Waals surface area contributed by atoms with Gasteiger partial charge in [-0.15, -0.1) is 0 Å². The van der Waals surface area contributed by atoms with Gasteiger partial charge in [-0.2, -0.15) is 0 Å². The van der Waals surface area contributed by atoms with Crippen molar-refractivity contribution in [1.82, 2.24) is 20.6 Å². The van der Waals surface area contributed by atoms with Crippen molar-refractivity contribution in [3.05, 3.63) is 59.7 Å². The molecule has 1 unspecified atom stereocenters. The average Bonchev–Trinajstić information content (AvgIpc) is 2.60. The van der Waals surface area contributed by atoms with Crippen molar-refractivity contribution in [2.45, 2.75) is 32.9 Å². The molecule has 2 N–H and O–H groups in total. The van der Waals surface area contributed by atoms with Crippen molar-refractivity contribution < 1.29 is 9.59 Å². The van der Waals surface area contributed by atoms with Gasteiger partial charge in [-0.05, 0) is 37.1 Å². The molecular formula is C17H20N4O2. The van der Waals surface area contributed by atoms with Crippen LogP contribution in [0.1, 0.15) is 46.8 Å².